The van der Waals surface area contributed by atoms with Crippen LogP contribution in [-0.4, -0.2) is 25.5 Å². The zero-order valence-corrected chi connectivity index (χ0v) is 13.2. The van der Waals surface area contributed by atoms with Gasteiger partial charge in [-0.15, -0.1) is 0 Å². The van der Waals surface area contributed by atoms with E-state index in [1.807, 2.05) is 0 Å². The van der Waals surface area contributed by atoms with E-state index in [1.54, 1.807) is 0 Å². The van der Waals surface area contributed by atoms with Crippen molar-refractivity contribution in [3.63, 3.8) is 0 Å². The third-order valence-electron chi connectivity index (χ3n) is 3.97. The maximum atomic E-state index is 12.1. The van der Waals surface area contributed by atoms with E-state index in [-0.39, 0.29) is 5.91 Å². The molecule has 0 spiro atoms. The molecular weight excluding hydrogens is 262 g/mol. The van der Waals surface area contributed by atoms with Crippen LogP contribution in [0.3, 0.4) is 0 Å². The fourth-order valence-electron chi connectivity index (χ4n) is 2.75. The molecule has 0 fully saturated rings. The number of anilines is 1. The Balaban J connectivity index is 1.95. The maximum absolute atomic E-state index is 12.1. The molecule has 2 rings (SSSR count). The minimum absolute atomic E-state index is 0.117. The summed E-state index contributed by atoms with van der Waals surface area (Å²) in [6, 6.07) is 6.35. The molecule has 0 radical (unpaired) electrons. The summed E-state index contributed by atoms with van der Waals surface area (Å²) >= 11 is 0. The molecule has 3 N–H and O–H groups in total. The first-order chi connectivity index (χ1) is 10.1. The van der Waals surface area contributed by atoms with E-state index in [0.29, 0.717) is 19.0 Å². The van der Waals surface area contributed by atoms with Crippen LogP contribution >= 0.6 is 0 Å². The Kier molecular flexibility index (Phi) is 5.62. The zero-order chi connectivity index (χ0) is 15.2. The number of hydrogen-bond acceptors (Lipinski definition) is 3. The van der Waals surface area contributed by atoms with Crippen molar-refractivity contribution in [1.29, 1.82) is 0 Å². The Morgan fingerprint density at radius 2 is 2.24 bits per heavy atom. The molecule has 0 unspecified atom stereocenters. The normalized spacial score (nSPS) is 14.2. The number of amides is 1. The first-order valence-corrected chi connectivity index (χ1v) is 7.93. The van der Waals surface area contributed by atoms with Crippen molar-refractivity contribution < 1.29 is 4.79 Å². The van der Waals surface area contributed by atoms with Gasteiger partial charge in [0.15, 0.2) is 0 Å². The molecule has 116 valence electrons. The van der Waals surface area contributed by atoms with Crippen LogP contribution in [-0.2, 0) is 17.8 Å². The third kappa shape index (κ3) is 4.46. The number of carbonyl (C=O) groups excluding carboxylic acids is 1. The third-order valence-corrected chi connectivity index (χ3v) is 3.97. The van der Waals surface area contributed by atoms with E-state index in [9.17, 15) is 4.79 Å². The molecule has 0 aliphatic carbocycles. The molecule has 4 heteroatoms. The second-order valence-corrected chi connectivity index (χ2v) is 6.22. The average molecular weight is 289 g/mol. The maximum Gasteiger partial charge on any atom is 0.239 e. The van der Waals surface area contributed by atoms with E-state index >= 15 is 0 Å². The molecule has 0 bridgehead atoms. The first kappa shape index (κ1) is 15.8. The predicted molar refractivity (Wildman–Crippen MR) is 87.3 cm³/mol. The highest BCUT2D eigenvalue weighted by Gasteiger charge is 2.19. The molecule has 1 aliphatic heterocycles. The molecule has 1 aromatic carbocycles. The molecule has 0 aromatic heterocycles. The number of nitrogens with one attached hydrogen (secondary N) is 1. The lowest BCUT2D eigenvalue weighted by atomic mass is 9.99. The van der Waals surface area contributed by atoms with Crippen molar-refractivity contribution >= 4 is 11.6 Å². The van der Waals surface area contributed by atoms with Crippen LogP contribution in [0.2, 0.25) is 0 Å². The second kappa shape index (κ2) is 7.46. The Hall–Kier alpha value is -1.55. The number of benzene rings is 1. The number of carbonyl (C=O) groups is 1. The molecule has 0 atom stereocenters. The lowest BCUT2D eigenvalue weighted by molar-refractivity contribution is -0.119. The largest absolute Gasteiger partial charge is 0.362 e. The van der Waals surface area contributed by atoms with E-state index in [4.69, 9.17) is 5.73 Å². The first-order valence-electron chi connectivity index (χ1n) is 7.93. The van der Waals surface area contributed by atoms with Crippen LogP contribution in [0.15, 0.2) is 18.2 Å². The summed E-state index contributed by atoms with van der Waals surface area (Å²) in [6.07, 6.45) is 3.21. The van der Waals surface area contributed by atoms with E-state index in [0.717, 1.165) is 37.9 Å². The molecule has 1 amide bonds. The zero-order valence-electron chi connectivity index (χ0n) is 13.2. The summed E-state index contributed by atoms with van der Waals surface area (Å²) in [7, 11) is 0. The van der Waals surface area contributed by atoms with Gasteiger partial charge in [0.2, 0.25) is 5.91 Å². The SMILES string of the molecule is CC(C)CCNC(=O)CN1CCCc2cc(CN)ccc21. The van der Waals surface area contributed by atoms with Crippen LogP contribution in [0.5, 0.6) is 0 Å². The van der Waals surface area contributed by atoms with Gasteiger partial charge in [-0.2, -0.15) is 0 Å². The molecule has 1 heterocycles. The monoisotopic (exact) mass is 289 g/mol. The standard InChI is InChI=1S/C17H27N3O/c1-13(2)7-8-19-17(21)12-20-9-3-4-15-10-14(11-18)5-6-16(15)20/h5-6,10,13H,3-4,7-9,11-12,18H2,1-2H3,(H,19,21). The van der Waals surface area contributed by atoms with Crippen molar-refractivity contribution in [2.75, 3.05) is 24.5 Å². The lowest BCUT2D eigenvalue weighted by Crippen LogP contribution is -2.40. The van der Waals surface area contributed by atoms with E-state index in [2.05, 4.69) is 42.3 Å². The molecule has 1 aliphatic rings. The topological polar surface area (TPSA) is 58.4 Å². The highest BCUT2D eigenvalue weighted by Crippen LogP contribution is 2.27. The molecule has 4 nitrogen and oxygen atoms in total. The fourth-order valence-corrected chi connectivity index (χ4v) is 2.75. The fraction of sp³-hybridized carbons (Fsp3) is 0.588. The van der Waals surface area contributed by atoms with Crippen molar-refractivity contribution in [3.05, 3.63) is 29.3 Å². The number of nitrogens with zero attached hydrogens (tertiary/aromatic N) is 1. The highest BCUT2D eigenvalue weighted by atomic mass is 16.2. The van der Waals surface area contributed by atoms with Crippen LogP contribution in [0.25, 0.3) is 0 Å². The number of aryl methyl sites for hydroxylation is 1. The minimum atomic E-state index is 0.117. The van der Waals surface area contributed by atoms with E-state index < -0.39 is 0 Å². The predicted octanol–water partition coefficient (Wildman–Crippen LogP) is 2.06. The minimum Gasteiger partial charge on any atom is -0.362 e. The van der Waals surface area contributed by atoms with Crippen molar-refractivity contribution in [1.82, 2.24) is 5.32 Å². The van der Waals surface area contributed by atoms with Gasteiger partial charge in [-0.3, -0.25) is 4.79 Å². The van der Waals surface area contributed by atoms with Gasteiger partial charge in [-0.05, 0) is 42.4 Å². The van der Waals surface area contributed by atoms with Crippen molar-refractivity contribution in [2.24, 2.45) is 11.7 Å². The van der Waals surface area contributed by atoms with Gasteiger partial charge in [0.05, 0.1) is 6.54 Å². The summed E-state index contributed by atoms with van der Waals surface area (Å²) in [5.41, 5.74) is 9.37. The molecule has 1 aromatic rings. The van der Waals surface area contributed by atoms with Gasteiger partial charge in [0.25, 0.3) is 0 Å². The van der Waals surface area contributed by atoms with Gasteiger partial charge in [-0.1, -0.05) is 26.0 Å². The number of nitrogens with two attached hydrogens (primary N) is 1. The van der Waals surface area contributed by atoms with Crippen LogP contribution < -0.4 is 16.0 Å². The van der Waals surface area contributed by atoms with Gasteiger partial charge < -0.3 is 16.0 Å². The smallest absolute Gasteiger partial charge is 0.239 e. The Morgan fingerprint density at radius 3 is 2.95 bits per heavy atom. The highest BCUT2D eigenvalue weighted by molar-refractivity contribution is 5.81. The van der Waals surface area contributed by atoms with Gasteiger partial charge >= 0.3 is 0 Å². The average Bonchev–Trinajstić information content (AvgIpc) is 2.46. The van der Waals surface area contributed by atoms with Gasteiger partial charge in [0.1, 0.15) is 0 Å². The van der Waals surface area contributed by atoms with Gasteiger partial charge in [-0.25, -0.2) is 0 Å². The Morgan fingerprint density at radius 1 is 1.43 bits per heavy atom. The number of rotatable bonds is 6. The molecule has 0 saturated heterocycles. The quantitative estimate of drug-likeness (QED) is 0.843. The van der Waals surface area contributed by atoms with E-state index in [1.165, 1.54) is 11.3 Å². The van der Waals surface area contributed by atoms with Crippen LogP contribution in [0.1, 0.15) is 37.8 Å². The second-order valence-electron chi connectivity index (χ2n) is 6.22. The molecule has 0 saturated carbocycles. The lowest BCUT2D eigenvalue weighted by Gasteiger charge is -2.31. The molecular formula is C17H27N3O. The van der Waals surface area contributed by atoms with Crippen molar-refractivity contribution in [2.45, 2.75) is 39.7 Å². The van der Waals surface area contributed by atoms with Crippen LogP contribution in [0, 0.1) is 5.92 Å². The van der Waals surface area contributed by atoms with Gasteiger partial charge in [0, 0.05) is 25.3 Å². The van der Waals surface area contributed by atoms with Crippen molar-refractivity contribution in [3.8, 4) is 0 Å². The Labute approximate surface area is 127 Å². The summed E-state index contributed by atoms with van der Waals surface area (Å²) in [4.78, 5) is 14.2. The van der Waals surface area contributed by atoms with Crippen LogP contribution in [0.4, 0.5) is 5.69 Å². The molecule has 21 heavy (non-hydrogen) atoms. The summed E-state index contributed by atoms with van der Waals surface area (Å²) < 4.78 is 0. The number of hydrogen-bond donors (Lipinski definition) is 2. The summed E-state index contributed by atoms with van der Waals surface area (Å²) in [6.45, 7) is 7.08. The number of fused-ring (bicyclic) bond motifs is 1. The summed E-state index contributed by atoms with van der Waals surface area (Å²) in [5, 5.41) is 3.01. The summed E-state index contributed by atoms with van der Waals surface area (Å²) in [5.74, 6) is 0.738. The Bertz CT molecular complexity index is 485.